The van der Waals surface area contributed by atoms with Crippen LogP contribution in [-0.4, -0.2) is 0 Å². The molecular formula is C16H41AuCl2N-4. The van der Waals surface area contributed by atoms with Crippen LogP contribution in [0.5, 0.6) is 0 Å². The van der Waals surface area contributed by atoms with Gasteiger partial charge >= 0.3 is 0 Å². The van der Waals surface area contributed by atoms with Crippen molar-refractivity contribution in [3.8, 4) is 0 Å². The summed E-state index contributed by atoms with van der Waals surface area (Å²) in [4.78, 5) is 0. The van der Waals surface area contributed by atoms with Crippen LogP contribution in [-0.2, 0) is 22.4 Å². The molecule has 3 N–H and O–H groups in total. The molecule has 0 aliphatic rings. The van der Waals surface area contributed by atoms with E-state index in [4.69, 9.17) is 0 Å². The standard InChI is InChI=1S/4C4H9.Au.2ClH.H3N/c4*1-3-4-2;;;;/h4*1,3-4H2,2H3;;2*1H;1H3/q4*-1;;;;. The molecule has 0 bridgehead atoms. The molecule has 139 valence electrons. The summed E-state index contributed by atoms with van der Waals surface area (Å²) in [6.07, 6.45) is 9.11. The molecular weight excluding hydrogens is 474 g/mol. The minimum absolute atomic E-state index is 0. The largest absolute Gasteiger partial charge is 0.344 e. The zero-order valence-electron chi connectivity index (χ0n) is 14.3. The van der Waals surface area contributed by atoms with Gasteiger partial charge in [-0.1, -0.05) is 53.4 Å². The Hall–Kier alpha value is 1.28. The zero-order valence-corrected chi connectivity index (χ0v) is 18.1. The van der Waals surface area contributed by atoms with Gasteiger partial charge in [0, 0.05) is 22.4 Å². The first-order valence-corrected chi connectivity index (χ1v) is 6.83. The van der Waals surface area contributed by atoms with E-state index in [2.05, 4.69) is 55.4 Å². The van der Waals surface area contributed by atoms with Gasteiger partial charge in [-0.15, -0.1) is 24.8 Å². The molecule has 0 atom stereocenters. The van der Waals surface area contributed by atoms with Crippen molar-refractivity contribution in [2.24, 2.45) is 0 Å². The quantitative estimate of drug-likeness (QED) is 0.306. The topological polar surface area (TPSA) is 35.0 Å². The third kappa shape index (κ3) is 231. The number of unbranched alkanes of at least 4 members (excludes halogenated alkanes) is 4. The van der Waals surface area contributed by atoms with Gasteiger partial charge in [0.1, 0.15) is 0 Å². The van der Waals surface area contributed by atoms with Gasteiger partial charge in [0.25, 0.3) is 0 Å². The minimum Gasteiger partial charge on any atom is -0.344 e. The number of hydrogen-bond acceptors (Lipinski definition) is 1. The van der Waals surface area contributed by atoms with E-state index in [9.17, 15) is 0 Å². The average molecular weight is 515 g/mol. The molecule has 20 heavy (non-hydrogen) atoms. The molecule has 0 amide bonds. The summed E-state index contributed by atoms with van der Waals surface area (Å²) >= 11 is 0. The first kappa shape index (κ1) is 49.6. The molecule has 0 heterocycles. The normalized spacial score (nSPS) is 6.00. The van der Waals surface area contributed by atoms with Gasteiger partial charge in [-0.25, -0.2) is 0 Å². The van der Waals surface area contributed by atoms with Crippen LogP contribution < -0.4 is 6.15 Å². The van der Waals surface area contributed by atoms with E-state index in [1.807, 2.05) is 0 Å². The first-order chi connectivity index (χ1) is 7.66. The van der Waals surface area contributed by atoms with E-state index in [0.717, 1.165) is 25.7 Å². The van der Waals surface area contributed by atoms with E-state index in [0.29, 0.717) is 0 Å². The van der Waals surface area contributed by atoms with Crippen molar-refractivity contribution in [1.29, 1.82) is 0 Å². The van der Waals surface area contributed by atoms with E-state index in [1.54, 1.807) is 0 Å². The molecule has 1 radical (unpaired) electrons. The molecule has 0 saturated carbocycles. The second-order valence-electron chi connectivity index (χ2n) is 3.41. The fourth-order valence-electron chi connectivity index (χ4n) is 0. The zero-order chi connectivity index (χ0) is 13.7. The van der Waals surface area contributed by atoms with Gasteiger partial charge in [0.2, 0.25) is 0 Å². The number of halogens is 2. The van der Waals surface area contributed by atoms with Gasteiger partial charge < -0.3 is 33.8 Å². The Morgan fingerprint density at radius 3 is 0.550 bits per heavy atom. The van der Waals surface area contributed by atoms with Gasteiger partial charge in [-0.3, -0.25) is 0 Å². The summed E-state index contributed by atoms with van der Waals surface area (Å²) < 4.78 is 0. The summed E-state index contributed by atoms with van der Waals surface area (Å²) in [6.45, 7) is 22.9. The molecule has 0 aromatic carbocycles. The van der Waals surface area contributed by atoms with Gasteiger partial charge in [-0.2, -0.15) is 25.7 Å². The molecule has 0 aliphatic carbocycles. The van der Waals surface area contributed by atoms with E-state index >= 15 is 0 Å². The molecule has 0 spiro atoms. The molecule has 0 aromatic rings. The fraction of sp³-hybridized carbons (Fsp3) is 0.750. The van der Waals surface area contributed by atoms with Crippen molar-refractivity contribution < 1.29 is 22.4 Å². The van der Waals surface area contributed by atoms with Crippen LogP contribution in [0, 0.1) is 27.7 Å². The summed E-state index contributed by atoms with van der Waals surface area (Å²) in [5.41, 5.74) is 0. The monoisotopic (exact) mass is 514 g/mol. The Kier molecular flexibility index (Phi) is 217. The molecule has 0 rings (SSSR count). The van der Waals surface area contributed by atoms with Crippen LogP contribution in [0.3, 0.4) is 0 Å². The Morgan fingerprint density at radius 2 is 0.550 bits per heavy atom. The summed E-state index contributed by atoms with van der Waals surface area (Å²) in [5.74, 6) is 0. The van der Waals surface area contributed by atoms with Crippen molar-refractivity contribution in [1.82, 2.24) is 6.15 Å². The van der Waals surface area contributed by atoms with Crippen molar-refractivity contribution in [2.45, 2.75) is 79.1 Å². The fourth-order valence-corrected chi connectivity index (χ4v) is 0. The van der Waals surface area contributed by atoms with Crippen molar-refractivity contribution >= 4 is 24.8 Å². The van der Waals surface area contributed by atoms with E-state index in [1.165, 1.54) is 25.7 Å². The Balaban J connectivity index is -0.0000000150. The van der Waals surface area contributed by atoms with Crippen LogP contribution in [0.1, 0.15) is 79.1 Å². The molecule has 0 aromatic heterocycles. The number of hydrogen-bond donors (Lipinski definition) is 1. The van der Waals surface area contributed by atoms with Crippen LogP contribution in [0.15, 0.2) is 0 Å². The summed E-state index contributed by atoms with van der Waals surface area (Å²) in [7, 11) is 0. The van der Waals surface area contributed by atoms with Crippen molar-refractivity contribution in [2.75, 3.05) is 0 Å². The van der Waals surface area contributed by atoms with Crippen molar-refractivity contribution in [3.05, 3.63) is 27.7 Å². The summed E-state index contributed by atoms with van der Waals surface area (Å²) in [6, 6.07) is 0. The Bertz CT molecular complexity index is 44.4. The van der Waals surface area contributed by atoms with Crippen LogP contribution in [0.4, 0.5) is 0 Å². The predicted octanol–water partition coefficient (Wildman–Crippen LogP) is 7.49. The maximum atomic E-state index is 3.60. The Morgan fingerprint density at radius 1 is 0.500 bits per heavy atom. The second kappa shape index (κ2) is 87.5. The predicted molar refractivity (Wildman–Crippen MR) is 101 cm³/mol. The molecule has 0 fully saturated rings. The Labute approximate surface area is 159 Å². The third-order valence-electron chi connectivity index (χ3n) is 1.41. The number of rotatable bonds is 4. The minimum atomic E-state index is 0. The first-order valence-electron chi connectivity index (χ1n) is 6.83. The molecule has 0 unspecified atom stereocenters. The molecule has 0 saturated heterocycles. The summed E-state index contributed by atoms with van der Waals surface area (Å²) in [5, 5.41) is 0. The van der Waals surface area contributed by atoms with Crippen molar-refractivity contribution in [3.63, 3.8) is 0 Å². The smallest absolute Gasteiger partial charge is 0 e. The van der Waals surface area contributed by atoms with Crippen LogP contribution in [0.2, 0.25) is 0 Å². The maximum Gasteiger partial charge on any atom is 0 e. The van der Waals surface area contributed by atoms with Crippen LogP contribution >= 0.6 is 24.8 Å². The van der Waals surface area contributed by atoms with Gasteiger partial charge in [-0.05, 0) is 0 Å². The molecule has 0 aliphatic heterocycles. The van der Waals surface area contributed by atoms with Gasteiger partial charge in [0.05, 0.1) is 0 Å². The average Bonchev–Trinajstić information content (AvgIpc) is 2.39. The van der Waals surface area contributed by atoms with Crippen LogP contribution in [0.25, 0.3) is 0 Å². The molecule has 4 heteroatoms. The maximum absolute atomic E-state index is 3.60. The van der Waals surface area contributed by atoms with E-state index < -0.39 is 0 Å². The third-order valence-corrected chi connectivity index (χ3v) is 1.41. The van der Waals surface area contributed by atoms with E-state index in [-0.39, 0.29) is 53.3 Å². The SMILES string of the molecule is Cl.Cl.N.[Au].[CH2-]CCC.[CH2-]CCC.[CH2-]CCC.[CH2-]CCC. The second-order valence-corrected chi connectivity index (χ2v) is 3.41. The van der Waals surface area contributed by atoms with Gasteiger partial charge in [0.15, 0.2) is 0 Å². The molecule has 1 nitrogen and oxygen atoms in total.